The van der Waals surface area contributed by atoms with Crippen LogP contribution in [0.2, 0.25) is 0 Å². The van der Waals surface area contributed by atoms with Gasteiger partial charge in [0.25, 0.3) is 0 Å². The van der Waals surface area contributed by atoms with Gasteiger partial charge in [0.05, 0.1) is 6.07 Å². The van der Waals surface area contributed by atoms with E-state index < -0.39 is 0 Å². The highest BCUT2D eigenvalue weighted by molar-refractivity contribution is 5.77. The second-order valence-electron chi connectivity index (χ2n) is 6.38. The first-order valence-electron chi connectivity index (χ1n) is 8.05. The average Bonchev–Trinajstić information content (AvgIpc) is 2.46. The van der Waals surface area contributed by atoms with Crippen LogP contribution in [0.25, 0.3) is 0 Å². The van der Waals surface area contributed by atoms with Gasteiger partial charge < -0.3 is 15.1 Å². The zero-order valence-electron chi connectivity index (χ0n) is 14.1. The first kappa shape index (κ1) is 18.3. The van der Waals surface area contributed by atoms with Crippen LogP contribution in [0.3, 0.4) is 0 Å². The number of amides is 3. The fraction of sp³-hybridized carbons (Fsp3) is 0.812. The van der Waals surface area contributed by atoms with Crippen molar-refractivity contribution in [1.29, 1.82) is 5.26 Å². The molecule has 124 valence electrons. The number of carbonyl (C=O) groups excluding carboxylic acids is 2. The summed E-state index contributed by atoms with van der Waals surface area (Å²) in [6.07, 6.45) is 2.26. The van der Waals surface area contributed by atoms with Crippen LogP contribution in [0.15, 0.2) is 0 Å². The lowest BCUT2D eigenvalue weighted by molar-refractivity contribution is -0.131. The predicted molar refractivity (Wildman–Crippen MR) is 85.0 cm³/mol. The first-order chi connectivity index (χ1) is 10.4. The molecule has 1 aliphatic rings. The lowest BCUT2D eigenvalue weighted by atomic mass is 9.81. The minimum Gasteiger partial charge on any atom is -0.336 e. The third-order valence-electron chi connectivity index (χ3n) is 4.29. The quantitative estimate of drug-likeness (QED) is 0.787. The van der Waals surface area contributed by atoms with Gasteiger partial charge in [0, 0.05) is 32.6 Å². The van der Waals surface area contributed by atoms with E-state index in [1.54, 1.807) is 7.05 Å². The van der Waals surface area contributed by atoms with Crippen LogP contribution in [0, 0.1) is 23.2 Å². The molecule has 2 atom stereocenters. The molecule has 0 bridgehead atoms. The molecule has 0 aromatic heterocycles. The van der Waals surface area contributed by atoms with Crippen molar-refractivity contribution in [2.45, 2.75) is 46.1 Å². The van der Waals surface area contributed by atoms with Gasteiger partial charge in [0.15, 0.2) is 0 Å². The molecule has 0 saturated carbocycles. The second kappa shape index (κ2) is 8.62. The van der Waals surface area contributed by atoms with Crippen LogP contribution in [0.4, 0.5) is 4.79 Å². The first-order valence-corrected chi connectivity index (χ1v) is 8.05. The molecule has 1 fully saturated rings. The molecule has 1 aliphatic heterocycles. The smallest absolute Gasteiger partial charge is 0.317 e. The Hall–Kier alpha value is -1.77. The monoisotopic (exact) mass is 308 g/mol. The van der Waals surface area contributed by atoms with Gasteiger partial charge in [-0.05, 0) is 32.1 Å². The Labute approximate surface area is 133 Å². The molecule has 6 heteroatoms. The van der Waals surface area contributed by atoms with Gasteiger partial charge in [-0.25, -0.2) is 4.79 Å². The number of nitrogens with one attached hydrogen (secondary N) is 1. The van der Waals surface area contributed by atoms with Gasteiger partial charge in [-0.1, -0.05) is 13.3 Å². The van der Waals surface area contributed by atoms with Gasteiger partial charge in [0.1, 0.15) is 6.54 Å². The van der Waals surface area contributed by atoms with Crippen molar-refractivity contribution in [3.8, 4) is 6.07 Å². The summed E-state index contributed by atoms with van der Waals surface area (Å²) in [6.45, 7) is 7.53. The molecule has 6 nitrogen and oxygen atoms in total. The fourth-order valence-corrected chi connectivity index (χ4v) is 2.91. The Morgan fingerprint density at radius 3 is 2.64 bits per heavy atom. The number of nitrogens with zero attached hydrogens (tertiary/aromatic N) is 3. The summed E-state index contributed by atoms with van der Waals surface area (Å²) in [6, 6.07) is 2.11. The fourth-order valence-electron chi connectivity index (χ4n) is 2.91. The van der Waals surface area contributed by atoms with Crippen LogP contribution in [0.1, 0.15) is 40.0 Å². The number of urea groups is 1. The van der Waals surface area contributed by atoms with Gasteiger partial charge in [-0.15, -0.1) is 0 Å². The number of likely N-dealkylation sites (tertiary alicyclic amines) is 1. The van der Waals surface area contributed by atoms with Gasteiger partial charge in [-0.3, -0.25) is 4.79 Å². The number of piperidine rings is 1. The van der Waals surface area contributed by atoms with Crippen molar-refractivity contribution >= 4 is 11.9 Å². The van der Waals surface area contributed by atoms with Gasteiger partial charge in [-0.2, -0.15) is 5.26 Å². The van der Waals surface area contributed by atoms with E-state index in [0.717, 1.165) is 12.8 Å². The summed E-state index contributed by atoms with van der Waals surface area (Å²) >= 11 is 0. The third kappa shape index (κ3) is 5.21. The van der Waals surface area contributed by atoms with E-state index >= 15 is 0 Å². The summed E-state index contributed by atoms with van der Waals surface area (Å²) in [5.41, 5.74) is 0. The van der Waals surface area contributed by atoms with Crippen molar-refractivity contribution in [2.75, 3.05) is 26.7 Å². The molecule has 0 radical (unpaired) electrons. The molecular weight excluding hydrogens is 280 g/mol. The summed E-state index contributed by atoms with van der Waals surface area (Å²) < 4.78 is 0. The van der Waals surface area contributed by atoms with Crippen LogP contribution >= 0.6 is 0 Å². The second-order valence-corrected chi connectivity index (χ2v) is 6.38. The van der Waals surface area contributed by atoms with Crippen molar-refractivity contribution in [3.63, 3.8) is 0 Å². The van der Waals surface area contributed by atoms with Crippen LogP contribution in [-0.2, 0) is 4.79 Å². The predicted octanol–water partition coefficient (Wildman–Crippen LogP) is 1.82. The minimum absolute atomic E-state index is 0.0141. The average molecular weight is 308 g/mol. The van der Waals surface area contributed by atoms with E-state index in [4.69, 9.17) is 5.26 Å². The zero-order valence-corrected chi connectivity index (χ0v) is 14.1. The molecule has 1 N–H and O–H groups in total. The SMILES string of the molecule is CCC1CN(C(=O)NC(C)C)CCC1CC(=O)N(C)CC#N. The molecule has 1 saturated heterocycles. The molecular formula is C16H28N4O2. The van der Waals surface area contributed by atoms with E-state index in [0.29, 0.717) is 31.3 Å². The normalized spacial score (nSPS) is 21.4. The number of rotatable bonds is 5. The molecule has 2 unspecified atom stereocenters. The van der Waals surface area contributed by atoms with Crippen molar-refractivity contribution in [1.82, 2.24) is 15.1 Å². The maximum absolute atomic E-state index is 12.1. The lowest BCUT2D eigenvalue weighted by Gasteiger charge is -2.38. The largest absolute Gasteiger partial charge is 0.336 e. The Morgan fingerprint density at radius 1 is 1.41 bits per heavy atom. The Morgan fingerprint density at radius 2 is 2.09 bits per heavy atom. The molecule has 0 aliphatic carbocycles. The summed E-state index contributed by atoms with van der Waals surface area (Å²) in [7, 11) is 1.66. The third-order valence-corrected chi connectivity index (χ3v) is 4.29. The zero-order chi connectivity index (χ0) is 16.7. The number of hydrogen-bond acceptors (Lipinski definition) is 3. The highest BCUT2D eigenvalue weighted by Gasteiger charge is 2.32. The van der Waals surface area contributed by atoms with Crippen molar-refractivity contribution < 1.29 is 9.59 Å². The van der Waals surface area contributed by atoms with Crippen LogP contribution in [0.5, 0.6) is 0 Å². The molecule has 1 rings (SSSR count). The van der Waals surface area contributed by atoms with Crippen LogP contribution in [-0.4, -0.2) is 54.5 Å². The lowest BCUT2D eigenvalue weighted by Crippen LogP contribution is -2.50. The van der Waals surface area contributed by atoms with Crippen molar-refractivity contribution in [2.24, 2.45) is 11.8 Å². The summed E-state index contributed by atoms with van der Waals surface area (Å²) in [4.78, 5) is 27.5. The Balaban J connectivity index is 2.58. The summed E-state index contributed by atoms with van der Waals surface area (Å²) in [5.74, 6) is 0.651. The topological polar surface area (TPSA) is 76.4 Å². The van der Waals surface area contributed by atoms with Gasteiger partial charge >= 0.3 is 6.03 Å². The number of nitriles is 1. The van der Waals surface area contributed by atoms with E-state index in [2.05, 4.69) is 12.2 Å². The molecule has 22 heavy (non-hydrogen) atoms. The number of hydrogen-bond donors (Lipinski definition) is 1. The van der Waals surface area contributed by atoms with Crippen molar-refractivity contribution in [3.05, 3.63) is 0 Å². The maximum atomic E-state index is 12.1. The van der Waals surface area contributed by atoms with E-state index in [1.807, 2.05) is 24.8 Å². The molecule has 3 amide bonds. The van der Waals surface area contributed by atoms with E-state index in [-0.39, 0.29) is 24.5 Å². The highest BCUT2D eigenvalue weighted by atomic mass is 16.2. The summed E-state index contributed by atoms with van der Waals surface area (Å²) in [5, 5.41) is 11.6. The molecule has 0 aromatic carbocycles. The van der Waals surface area contributed by atoms with Crippen LogP contribution < -0.4 is 5.32 Å². The molecule has 0 aromatic rings. The van der Waals surface area contributed by atoms with Gasteiger partial charge in [0.2, 0.25) is 5.91 Å². The molecule has 1 heterocycles. The van der Waals surface area contributed by atoms with E-state index in [9.17, 15) is 9.59 Å². The Kier molecular flexibility index (Phi) is 7.16. The Bertz CT molecular complexity index is 430. The van der Waals surface area contributed by atoms with E-state index in [1.165, 1.54) is 4.90 Å². The number of carbonyl (C=O) groups is 2. The standard InChI is InChI=1S/C16H28N4O2/c1-5-13-11-20(16(22)18-12(2)3)8-6-14(13)10-15(21)19(4)9-7-17/h12-14H,5-6,8-11H2,1-4H3,(H,18,22). The minimum atomic E-state index is -0.0141. The highest BCUT2D eigenvalue weighted by Crippen LogP contribution is 2.29. The maximum Gasteiger partial charge on any atom is 0.317 e. The molecule has 0 spiro atoms.